The van der Waals surface area contributed by atoms with Crippen LogP contribution in [0.3, 0.4) is 0 Å². The second kappa shape index (κ2) is 23.3. The van der Waals surface area contributed by atoms with Gasteiger partial charge in [-0.15, -0.1) is 13.2 Å². The molecule has 6 heteroatoms. The van der Waals surface area contributed by atoms with E-state index in [-0.39, 0.29) is 13.2 Å². The minimum atomic E-state index is 0.0413. The third-order valence-electron chi connectivity index (χ3n) is 1.69. The summed E-state index contributed by atoms with van der Waals surface area (Å²) in [4.78, 5) is 0. The summed E-state index contributed by atoms with van der Waals surface area (Å²) >= 11 is 0. The molecule has 0 unspecified atom stereocenters. The standard InChI is InChI=1S/C8H18O5.C6H10O/c9-1-3-11-5-7-13-8-6-12-4-2-10;1-3-5-7-6-4-2/h9-10H,1-8H2;3-4H,1-2,5-6H2. The lowest BCUT2D eigenvalue weighted by Gasteiger charge is -2.04. The maximum absolute atomic E-state index is 8.36. The molecule has 120 valence electrons. The van der Waals surface area contributed by atoms with E-state index in [1.54, 1.807) is 12.2 Å². The first kappa shape index (κ1) is 21.5. The van der Waals surface area contributed by atoms with Gasteiger partial charge < -0.3 is 29.2 Å². The van der Waals surface area contributed by atoms with Crippen molar-refractivity contribution in [2.24, 2.45) is 0 Å². The van der Waals surface area contributed by atoms with Gasteiger partial charge in [0.15, 0.2) is 0 Å². The molecule has 0 aliphatic carbocycles. The molecule has 0 fully saturated rings. The Hall–Kier alpha value is -0.760. The summed E-state index contributed by atoms with van der Waals surface area (Å²) in [6.45, 7) is 10.9. The fourth-order valence-corrected chi connectivity index (χ4v) is 0.906. The van der Waals surface area contributed by atoms with E-state index in [2.05, 4.69) is 13.2 Å². The number of rotatable bonds is 14. The fraction of sp³-hybridized carbons (Fsp3) is 0.714. The van der Waals surface area contributed by atoms with Crippen molar-refractivity contribution < 1.29 is 29.2 Å². The number of hydrogen-bond donors (Lipinski definition) is 2. The highest BCUT2D eigenvalue weighted by molar-refractivity contribution is 4.68. The monoisotopic (exact) mass is 292 g/mol. The summed E-state index contributed by atoms with van der Waals surface area (Å²) in [5, 5.41) is 16.7. The molecule has 6 nitrogen and oxygen atoms in total. The lowest BCUT2D eigenvalue weighted by Crippen LogP contribution is -2.11. The molecule has 0 aromatic rings. The van der Waals surface area contributed by atoms with Crippen molar-refractivity contribution in [1.29, 1.82) is 0 Å². The molecule has 2 N–H and O–H groups in total. The third-order valence-corrected chi connectivity index (χ3v) is 1.69. The van der Waals surface area contributed by atoms with Gasteiger partial charge in [0.05, 0.1) is 66.1 Å². The molecule has 0 radical (unpaired) electrons. The maximum Gasteiger partial charge on any atom is 0.0701 e. The molecule has 0 bridgehead atoms. The number of aliphatic hydroxyl groups excluding tert-OH is 2. The normalized spacial score (nSPS) is 9.70. The molecule has 0 rings (SSSR count). The van der Waals surface area contributed by atoms with Gasteiger partial charge in [-0.05, 0) is 0 Å². The van der Waals surface area contributed by atoms with E-state index in [4.69, 9.17) is 29.2 Å². The number of hydrogen-bond acceptors (Lipinski definition) is 6. The third kappa shape index (κ3) is 25.9. The molecular weight excluding hydrogens is 264 g/mol. The second-order valence-electron chi connectivity index (χ2n) is 3.40. The highest BCUT2D eigenvalue weighted by Gasteiger charge is 1.89. The maximum atomic E-state index is 8.36. The van der Waals surface area contributed by atoms with Crippen molar-refractivity contribution in [3.8, 4) is 0 Å². The molecule has 0 amide bonds. The molecule has 0 aliphatic rings. The van der Waals surface area contributed by atoms with Gasteiger partial charge in [-0.25, -0.2) is 0 Å². The molecule has 0 aromatic heterocycles. The average molecular weight is 292 g/mol. The Labute approximate surface area is 121 Å². The van der Waals surface area contributed by atoms with Gasteiger partial charge in [0.25, 0.3) is 0 Å². The SMILES string of the molecule is C=CCOCC=C.OCCOCCOCCOCCO. The van der Waals surface area contributed by atoms with Crippen molar-refractivity contribution in [3.05, 3.63) is 25.3 Å². The molecule has 0 spiro atoms. The van der Waals surface area contributed by atoms with E-state index in [0.29, 0.717) is 52.9 Å². The minimum absolute atomic E-state index is 0.0413. The topological polar surface area (TPSA) is 77.4 Å². The first-order chi connectivity index (χ1) is 9.83. The Balaban J connectivity index is 0. The Morgan fingerprint density at radius 2 is 0.950 bits per heavy atom. The van der Waals surface area contributed by atoms with Crippen LogP contribution in [0.1, 0.15) is 0 Å². The van der Waals surface area contributed by atoms with E-state index >= 15 is 0 Å². The van der Waals surface area contributed by atoms with Crippen LogP contribution in [0.15, 0.2) is 25.3 Å². The predicted molar refractivity (Wildman–Crippen MR) is 77.8 cm³/mol. The predicted octanol–water partition coefficient (Wildman–Crippen LogP) is 0.396. The zero-order valence-electron chi connectivity index (χ0n) is 12.2. The lowest BCUT2D eigenvalue weighted by molar-refractivity contribution is 0.00230. The van der Waals surface area contributed by atoms with Crippen LogP contribution in [0.2, 0.25) is 0 Å². The highest BCUT2D eigenvalue weighted by Crippen LogP contribution is 1.80. The highest BCUT2D eigenvalue weighted by atomic mass is 16.5. The summed E-state index contributed by atoms with van der Waals surface area (Å²) in [7, 11) is 0. The molecule has 0 saturated carbocycles. The molecule has 0 saturated heterocycles. The van der Waals surface area contributed by atoms with Gasteiger partial charge in [-0.2, -0.15) is 0 Å². The first-order valence-electron chi connectivity index (χ1n) is 6.57. The van der Waals surface area contributed by atoms with E-state index in [1.807, 2.05) is 0 Å². The van der Waals surface area contributed by atoms with Crippen LogP contribution in [0, 0.1) is 0 Å². The zero-order valence-corrected chi connectivity index (χ0v) is 12.2. The van der Waals surface area contributed by atoms with E-state index in [9.17, 15) is 0 Å². The van der Waals surface area contributed by atoms with Gasteiger partial charge in [-0.1, -0.05) is 12.2 Å². The van der Waals surface area contributed by atoms with Crippen molar-refractivity contribution >= 4 is 0 Å². The van der Waals surface area contributed by atoms with Gasteiger partial charge >= 0.3 is 0 Å². The van der Waals surface area contributed by atoms with Crippen LogP contribution in [0.4, 0.5) is 0 Å². The molecule has 0 heterocycles. The van der Waals surface area contributed by atoms with Crippen LogP contribution in [0.5, 0.6) is 0 Å². The summed E-state index contributed by atoms with van der Waals surface area (Å²) in [5.74, 6) is 0. The smallest absolute Gasteiger partial charge is 0.0701 e. The molecule has 0 aromatic carbocycles. The van der Waals surface area contributed by atoms with Crippen LogP contribution >= 0.6 is 0 Å². The quantitative estimate of drug-likeness (QED) is 0.356. The Bertz CT molecular complexity index is 169. The fourth-order valence-electron chi connectivity index (χ4n) is 0.906. The largest absolute Gasteiger partial charge is 0.394 e. The van der Waals surface area contributed by atoms with E-state index in [1.165, 1.54) is 0 Å². The Kier molecular flexibility index (Phi) is 25.1. The molecule has 0 atom stereocenters. The summed E-state index contributed by atoms with van der Waals surface area (Å²) < 4.78 is 19.9. The van der Waals surface area contributed by atoms with E-state index < -0.39 is 0 Å². The van der Waals surface area contributed by atoms with Crippen molar-refractivity contribution in [2.45, 2.75) is 0 Å². The number of aliphatic hydroxyl groups is 2. The first-order valence-corrected chi connectivity index (χ1v) is 6.57. The Morgan fingerprint density at radius 3 is 1.25 bits per heavy atom. The second-order valence-corrected chi connectivity index (χ2v) is 3.40. The summed E-state index contributed by atoms with van der Waals surface area (Å²) in [6.07, 6.45) is 3.42. The lowest BCUT2D eigenvalue weighted by atomic mass is 10.6. The Morgan fingerprint density at radius 1 is 0.600 bits per heavy atom. The zero-order chi connectivity index (χ0) is 15.3. The summed E-state index contributed by atoms with van der Waals surface area (Å²) in [5.41, 5.74) is 0. The van der Waals surface area contributed by atoms with Crippen molar-refractivity contribution in [2.75, 3.05) is 66.1 Å². The molecular formula is C14H28O6. The van der Waals surface area contributed by atoms with Gasteiger partial charge in [-0.3, -0.25) is 0 Å². The molecule has 20 heavy (non-hydrogen) atoms. The molecule has 0 aliphatic heterocycles. The number of ether oxygens (including phenoxy) is 4. The van der Waals surface area contributed by atoms with Crippen LogP contribution < -0.4 is 0 Å². The summed E-state index contributed by atoms with van der Waals surface area (Å²) in [6, 6.07) is 0. The van der Waals surface area contributed by atoms with E-state index in [0.717, 1.165) is 0 Å². The van der Waals surface area contributed by atoms with Crippen LogP contribution in [-0.4, -0.2) is 76.3 Å². The van der Waals surface area contributed by atoms with Gasteiger partial charge in [0, 0.05) is 0 Å². The van der Waals surface area contributed by atoms with Crippen LogP contribution in [0.25, 0.3) is 0 Å². The van der Waals surface area contributed by atoms with Crippen molar-refractivity contribution in [1.82, 2.24) is 0 Å². The van der Waals surface area contributed by atoms with Crippen molar-refractivity contribution in [3.63, 3.8) is 0 Å². The minimum Gasteiger partial charge on any atom is -0.394 e. The average Bonchev–Trinajstić information content (AvgIpc) is 2.47. The van der Waals surface area contributed by atoms with Crippen LogP contribution in [-0.2, 0) is 18.9 Å². The van der Waals surface area contributed by atoms with Gasteiger partial charge in [0.1, 0.15) is 0 Å². The van der Waals surface area contributed by atoms with Gasteiger partial charge in [0.2, 0.25) is 0 Å².